The van der Waals surface area contributed by atoms with Gasteiger partial charge in [-0.3, -0.25) is 14.4 Å². The van der Waals surface area contributed by atoms with Gasteiger partial charge in [-0.1, -0.05) is 36.4 Å². The third-order valence-corrected chi connectivity index (χ3v) is 8.77. The zero-order valence-electron chi connectivity index (χ0n) is 22.0. The average molecular weight is 566 g/mol. The molecule has 0 atom stereocenters. The summed E-state index contributed by atoms with van der Waals surface area (Å²) in [4.78, 5) is 13.5. The zero-order chi connectivity index (χ0) is 28.7. The van der Waals surface area contributed by atoms with Crippen molar-refractivity contribution in [3.63, 3.8) is 0 Å². The first-order valence-electron chi connectivity index (χ1n) is 12.6. The maximum absolute atomic E-state index is 13.4. The van der Waals surface area contributed by atoms with Crippen LogP contribution in [0.5, 0.6) is 11.5 Å². The molecule has 4 aromatic carbocycles. The normalized spacial score (nSPS) is 13.1. The number of nitrogens with one attached hydrogen (secondary N) is 1. The molecule has 6 rings (SSSR count). The molecule has 1 amide bonds. The fraction of sp³-hybridized carbons (Fsp3) is 0.0968. The molecule has 0 saturated carbocycles. The summed E-state index contributed by atoms with van der Waals surface area (Å²) in [7, 11) is -0.830. The second kappa shape index (κ2) is 10.0. The molecule has 1 N–H and O–H groups in total. The predicted octanol–water partition coefficient (Wildman–Crippen LogP) is 5.80. The van der Waals surface area contributed by atoms with Crippen LogP contribution in [0.2, 0.25) is 0 Å². The van der Waals surface area contributed by atoms with Gasteiger partial charge in [-0.2, -0.15) is 5.26 Å². The molecule has 1 aromatic heterocycles. The summed E-state index contributed by atoms with van der Waals surface area (Å²) < 4.78 is 44.4. The standard InChI is InChI=1S/C31H23N3O6S/c1-38-22-13-9-20(10-14-22)28-24(17-32)31(40-30(28)21-11-15-23(39-2)16-12-21)33-27(35)18-34-25-7-3-5-19-6-4-8-26(29(19)25)41(34,36)37/h3-16H,18H2,1-2H3,(H,33,35). The quantitative estimate of drug-likeness (QED) is 0.265. The number of carbonyl (C=O) groups excluding carboxylic acids is 1. The van der Waals surface area contributed by atoms with E-state index in [4.69, 9.17) is 13.9 Å². The van der Waals surface area contributed by atoms with Gasteiger partial charge < -0.3 is 13.9 Å². The minimum Gasteiger partial charge on any atom is -0.497 e. The number of carbonyl (C=O) groups is 1. The topological polar surface area (TPSA) is 122 Å². The Morgan fingerprint density at radius 2 is 1.51 bits per heavy atom. The molecule has 0 spiro atoms. The lowest BCUT2D eigenvalue weighted by molar-refractivity contribution is -0.114. The van der Waals surface area contributed by atoms with E-state index in [1.165, 1.54) is 6.07 Å². The van der Waals surface area contributed by atoms with E-state index in [2.05, 4.69) is 11.4 Å². The highest BCUT2D eigenvalue weighted by molar-refractivity contribution is 7.93. The van der Waals surface area contributed by atoms with Crippen LogP contribution in [0.3, 0.4) is 0 Å². The Hall–Kier alpha value is -5.27. The Balaban J connectivity index is 1.39. The highest BCUT2D eigenvalue weighted by atomic mass is 32.2. The van der Waals surface area contributed by atoms with E-state index in [1.807, 2.05) is 12.1 Å². The van der Waals surface area contributed by atoms with Crippen molar-refractivity contribution < 1.29 is 27.1 Å². The van der Waals surface area contributed by atoms with E-state index in [-0.39, 0.29) is 16.3 Å². The molecular weight excluding hydrogens is 542 g/mol. The van der Waals surface area contributed by atoms with Crippen LogP contribution in [0.25, 0.3) is 33.2 Å². The van der Waals surface area contributed by atoms with Gasteiger partial charge in [0.1, 0.15) is 35.4 Å². The van der Waals surface area contributed by atoms with Crippen molar-refractivity contribution >= 4 is 38.3 Å². The molecule has 9 nitrogen and oxygen atoms in total. The first-order chi connectivity index (χ1) is 19.8. The van der Waals surface area contributed by atoms with Crippen LogP contribution >= 0.6 is 0 Å². The number of hydrogen-bond acceptors (Lipinski definition) is 7. The van der Waals surface area contributed by atoms with Crippen molar-refractivity contribution in [1.29, 1.82) is 5.26 Å². The van der Waals surface area contributed by atoms with Crippen LogP contribution in [0, 0.1) is 11.3 Å². The number of anilines is 2. The Morgan fingerprint density at radius 3 is 2.12 bits per heavy atom. The van der Waals surface area contributed by atoms with E-state index in [0.29, 0.717) is 45.0 Å². The van der Waals surface area contributed by atoms with Crippen LogP contribution < -0.4 is 19.1 Å². The number of benzene rings is 4. The summed E-state index contributed by atoms with van der Waals surface area (Å²) in [6.07, 6.45) is 0. The highest BCUT2D eigenvalue weighted by Crippen LogP contribution is 2.44. The fourth-order valence-electron chi connectivity index (χ4n) is 5.03. The van der Waals surface area contributed by atoms with Crippen molar-refractivity contribution in [2.45, 2.75) is 4.90 Å². The molecule has 2 heterocycles. The lowest BCUT2D eigenvalue weighted by atomic mass is 9.98. The van der Waals surface area contributed by atoms with Crippen LogP contribution in [0.4, 0.5) is 11.6 Å². The number of furan rings is 1. The number of nitrogens with zero attached hydrogens (tertiary/aromatic N) is 2. The van der Waals surface area contributed by atoms with E-state index in [0.717, 1.165) is 9.69 Å². The number of amides is 1. The predicted molar refractivity (Wildman–Crippen MR) is 155 cm³/mol. The van der Waals surface area contributed by atoms with E-state index in [9.17, 15) is 18.5 Å². The Morgan fingerprint density at radius 1 is 0.902 bits per heavy atom. The summed E-state index contributed by atoms with van der Waals surface area (Å²) in [5.74, 6) is 0.893. The fourth-order valence-corrected chi connectivity index (χ4v) is 6.70. The van der Waals surface area contributed by atoms with Crippen LogP contribution in [0.15, 0.2) is 94.2 Å². The van der Waals surface area contributed by atoms with Crippen LogP contribution in [0.1, 0.15) is 5.56 Å². The van der Waals surface area contributed by atoms with Crippen molar-refractivity contribution in [2.75, 3.05) is 30.4 Å². The molecule has 1 aliphatic rings. The first kappa shape index (κ1) is 26.0. The molecule has 0 radical (unpaired) electrons. The van der Waals surface area contributed by atoms with Crippen molar-refractivity contribution in [1.82, 2.24) is 0 Å². The molecule has 41 heavy (non-hydrogen) atoms. The first-order valence-corrected chi connectivity index (χ1v) is 14.0. The largest absolute Gasteiger partial charge is 0.497 e. The summed E-state index contributed by atoms with van der Waals surface area (Å²) >= 11 is 0. The third kappa shape index (κ3) is 4.33. The maximum atomic E-state index is 13.4. The second-order valence-electron chi connectivity index (χ2n) is 9.27. The molecule has 0 unspecified atom stereocenters. The van der Waals surface area contributed by atoms with Gasteiger partial charge >= 0.3 is 0 Å². The van der Waals surface area contributed by atoms with Gasteiger partial charge in [0.25, 0.3) is 10.0 Å². The maximum Gasteiger partial charge on any atom is 0.265 e. The Bertz CT molecular complexity index is 1950. The van der Waals surface area contributed by atoms with Gasteiger partial charge in [0.2, 0.25) is 11.8 Å². The summed E-state index contributed by atoms with van der Waals surface area (Å²) in [5, 5.41) is 14.2. The minimum atomic E-state index is -3.95. The van der Waals surface area contributed by atoms with Gasteiger partial charge in [0.15, 0.2) is 0 Å². The molecule has 10 heteroatoms. The molecule has 204 valence electrons. The van der Waals surface area contributed by atoms with E-state index < -0.39 is 22.5 Å². The van der Waals surface area contributed by atoms with E-state index >= 15 is 0 Å². The zero-order valence-corrected chi connectivity index (χ0v) is 22.9. The van der Waals surface area contributed by atoms with Gasteiger partial charge in [-0.05, 0) is 59.5 Å². The molecule has 0 saturated heterocycles. The van der Waals surface area contributed by atoms with Crippen LogP contribution in [-0.4, -0.2) is 35.1 Å². The summed E-state index contributed by atoms with van der Waals surface area (Å²) in [6.45, 7) is -0.503. The molecule has 0 aliphatic carbocycles. The Kier molecular flexibility index (Phi) is 6.36. The van der Waals surface area contributed by atoms with Crippen molar-refractivity contribution in [3.8, 4) is 40.0 Å². The molecular formula is C31H23N3O6S. The molecule has 0 bridgehead atoms. The molecule has 1 aliphatic heterocycles. The molecule has 0 fully saturated rings. The number of methoxy groups -OCH3 is 2. The van der Waals surface area contributed by atoms with Crippen molar-refractivity contribution in [3.05, 3.63) is 90.5 Å². The smallest absolute Gasteiger partial charge is 0.265 e. The molecule has 5 aromatic rings. The minimum absolute atomic E-state index is 0.0820. The number of rotatable bonds is 7. The lowest BCUT2D eigenvalue weighted by Gasteiger charge is -2.17. The SMILES string of the molecule is COc1ccc(-c2oc(NC(=O)CN3c4cccc5cccc(c45)S3(=O)=O)c(C#N)c2-c2ccc(OC)cc2)cc1. The van der Waals surface area contributed by atoms with Gasteiger partial charge in [0, 0.05) is 16.5 Å². The third-order valence-electron chi connectivity index (χ3n) is 6.97. The van der Waals surface area contributed by atoms with Crippen LogP contribution in [-0.2, 0) is 14.8 Å². The highest BCUT2D eigenvalue weighted by Gasteiger charge is 2.37. The average Bonchev–Trinajstić information content (AvgIpc) is 3.46. The summed E-state index contributed by atoms with van der Waals surface area (Å²) in [5.41, 5.74) is 2.32. The number of nitriles is 1. The van der Waals surface area contributed by atoms with Gasteiger partial charge in [-0.25, -0.2) is 8.42 Å². The Labute approximate surface area is 236 Å². The van der Waals surface area contributed by atoms with Gasteiger partial charge in [-0.15, -0.1) is 0 Å². The van der Waals surface area contributed by atoms with E-state index in [1.54, 1.807) is 80.9 Å². The second-order valence-corrected chi connectivity index (χ2v) is 11.1. The van der Waals surface area contributed by atoms with Gasteiger partial charge in [0.05, 0.1) is 24.8 Å². The monoisotopic (exact) mass is 565 g/mol. The number of sulfonamides is 1. The number of hydrogen-bond donors (Lipinski definition) is 1. The summed E-state index contributed by atoms with van der Waals surface area (Å²) in [6, 6.07) is 26.6. The van der Waals surface area contributed by atoms with Crippen molar-refractivity contribution in [2.24, 2.45) is 0 Å². The number of ether oxygens (including phenoxy) is 2. The lowest BCUT2D eigenvalue weighted by Crippen LogP contribution is -2.35.